The fourth-order valence-corrected chi connectivity index (χ4v) is 1.49. The molecule has 0 radical (unpaired) electrons. The molecule has 7 nitrogen and oxygen atoms in total. The fourth-order valence-electron chi connectivity index (χ4n) is 0.939. The Hall–Kier alpha value is -1.80. The monoisotopic (exact) mass is 230 g/mol. The summed E-state index contributed by atoms with van der Waals surface area (Å²) in [6, 6.07) is 2.51. The number of hydrogen-bond acceptors (Lipinski definition) is 5. The van der Waals surface area contributed by atoms with Gasteiger partial charge in [0.15, 0.2) is 0 Å². The molecule has 1 atom stereocenters. The summed E-state index contributed by atoms with van der Waals surface area (Å²) in [7, 11) is 0. The standard InChI is InChI=1S/C7H5NO6S/c9-7(10)5-2-1-4(8(11)12)3-6(5)15(13)14/h1-3H,(H,9,10)(H,13,14)/p-1. The maximum atomic E-state index is 10.6. The molecule has 80 valence electrons. The van der Waals surface area contributed by atoms with Gasteiger partial charge in [-0.25, -0.2) is 4.79 Å². The number of nitrogens with zero attached hydrogens (tertiary/aromatic N) is 1. The third-order valence-corrected chi connectivity index (χ3v) is 2.28. The highest BCUT2D eigenvalue weighted by molar-refractivity contribution is 7.79. The summed E-state index contributed by atoms with van der Waals surface area (Å²) < 4.78 is 21.2. The van der Waals surface area contributed by atoms with Crippen molar-refractivity contribution in [3.05, 3.63) is 33.9 Å². The molecule has 0 aliphatic rings. The first kappa shape index (κ1) is 11.3. The Morgan fingerprint density at radius 3 is 2.47 bits per heavy atom. The van der Waals surface area contributed by atoms with Crippen molar-refractivity contribution in [3.63, 3.8) is 0 Å². The maximum Gasteiger partial charge on any atom is 0.336 e. The summed E-state index contributed by atoms with van der Waals surface area (Å²) in [6.07, 6.45) is 0. The van der Waals surface area contributed by atoms with Gasteiger partial charge >= 0.3 is 5.97 Å². The van der Waals surface area contributed by atoms with Gasteiger partial charge in [0.05, 0.1) is 10.5 Å². The van der Waals surface area contributed by atoms with Crippen LogP contribution in [0.4, 0.5) is 5.69 Å². The van der Waals surface area contributed by atoms with Crippen LogP contribution in [0.2, 0.25) is 0 Å². The van der Waals surface area contributed by atoms with Crippen molar-refractivity contribution in [3.8, 4) is 0 Å². The summed E-state index contributed by atoms with van der Waals surface area (Å²) in [5.74, 6) is -1.45. The Morgan fingerprint density at radius 2 is 2.07 bits per heavy atom. The second-order valence-electron chi connectivity index (χ2n) is 2.48. The van der Waals surface area contributed by atoms with Crippen molar-refractivity contribution >= 4 is 22.7 Å². The summed E-state index contributed by atoms with van der Waals surface area (Å²) in [6.45, 7) is 0. The first-order chi connectivity index (χ1) is 6.93. The van der Waals surface area contributed by atoms with Crippen LogP contribution < -0.4 is 0 Å². The predicted molar refractivity (Wildman–Crippen MR) is 47.2 cm³/mol. The number of benzene rings is 1. The number of rotatable bonds is 3. The smallest absolute Gasteiger partial charge is 0.336 e. The summed E-state index contributed by atoms with van der Waals surface area (Å²) in [4.78, 5) is 19.5. The molecular weight excluding hydrogens is 226 g/mol. The zero-order valence-electron chi connectivity index (χ0n) is 7.08. The Kier molecular flexibility index (Phi) is 3.12. The number of hydrogen-bond donors (Lipinski definition) is 1. The summed E-state index contributed by atoms with van der Waals surface area (Å²) in [5, 5.41) is 18.9. The van der Waals surface area contributed by atoms with Gasteiger partial charge in [-0.2, -0.15) is 0 Å². The van der Waals surface area contributed by atoms with Crippen LogP contribution >= 0.6 is 0 Å². The van der Waals surface area contributed by atoms with Crippen LogP contribution in [0.25, 0.3) is 0 Å². The van der Waals surface area contributed by atoms with Crippen molar-refractivity contribution in [1.29, 1.82) is 0 Å². The Labute approximate surface area is 85.8 Å². The molecule has 0 spiro atoms. The topological polar surface area (TPSA) is 121 Å². The Balaban J connectivity index is 3.40. The minimum absolute atomic E-state index is 0.473. The van der Waals surface area contributed by atoms with Crippen LogP contribution in [0.5, 0.6) is 0 Å². The molecule has 0 bridgehead atoms. The number of carboxylic acids is 1. The molecule has 0 aliphatic heterocycles. The third-order valence-electron chi connectivity index (χ3n) is 1.59. The molecule has 15 heavy (non-hydrogen) atoms. The van der Waals surface area contributed by atoms with Crippen molar-refractivity contribution in [1.82, 2.24) is 0 Å². The maximum absolute atomic E-state index is 10.6. The fraction of sp³-hybridized carbons (Fsp3) is 0. The number of non-ortho nitro benzene ring substituents is 1. The van der Waals surface area contributed by atoms with E-state index in [1.807, 2.05) is 0 Å². The first-order valence-electron chi connectivity index (χ1n) is 3.54. The molecule has 1 aromatic rings. The van der Waals surface area contributed by atoms with Crippen LogP contribution in [0.15, 0.2) is 23.1 Å². The van der Waals surface area contributed by atoms with Crippen LogP contribution in [-0.4, -0.2) is 24.8 Å². The van der Waals surface area contributed by atoms with E-state index in [9.17, 15) is 23.7 Å². The normalized spacial score (nSPS) is 12.1. The van der Waals surface area contributed by atoms with E-state index in [0.29, 0.717) is 6.07 Å². The van der Waals surface area contributed by atoms with Crippen LogP contribution in [0.3, 0.4) is 0 Å². The Morgan fingerprint density at radius 1 is 1.47 bits per heavy atom. The lowest BCUT2D eigenvalue weighted by molar-refractivity contribution is -0.385. The lowest BCUT2D eigenvalue weighted by Gasteiger charge is -2.07. The van der Waals surface area contributed by atoms with E-state index in [-0.39, 0.29) is 0 Å². The summed E-state index contributed by atoms with van der Waals surface area (Å²) in [5.41, 5.74) is -0.965. The van der Waals surface area contributed by atoms with E-state index < -0.39 is 38.1 Å². The molecule has 0 heterocycles. The van der Waals surface area contributed by atoms with E-state index in [0.717, 1.165) is 12.1 Å². The third kappa shape index (κ3) is 2.36. The van der Waals surface area contributed by atoms with Crippen LogP contribution in [0.1, 0.15) is 10.4 Å². The van der Waals surface area contributed by atoms with E-state index >= 15 is 0 Å². The highest BCUT2D eigenvalue weighted by atomic mass is 32.2. The number of nitro groups is 1. The second kappa shape index (κ2) is 4.15. The number of carboxylic acid groups (broad SMARTS) is 1. The zero-order valence-corrected chi connectivity index (χ0v) is 7.89. The van der Waals surface area contributed by atoms with E-state index in [1.54, 1.807) is 0 Å². The van der Waals surface area contributed by atoms with Gasteiger partial charge in [0.1, 0.15) is 0 Å². The average Bonchev–Trinajstić information content (AvgIpc) is 2.16. The predicted octanol–water partition coefficient (Wildman–Crippen LogP) is 0.531. The van der Waals surface area contributed by atoms with E-state index in [4.69, 9.17) is 5.11 Å². The number of nitro benzene ring substituents is 1. The molecule has 0 saturated heterocycles. The highest BCUT2D eigenvalue weighted by Crippen LogP contribution is 2.20. The van der Waals surface area contributed by atoms with Gasteiger partial charge in [0.25, 0.3) is 5.69 Å². The Bertz CT molecular complexity index is 457. The van der Waals surface area contributed by atoms with Gasteiger partial charge < -0.3 is 9.66 Å². The lowest BCUT2D eigenvalue weighted by Crippen LogP contribution is -2.04. The van der Waals surface area contributed by atoms with Crippen molar-refractivity contribution in [2.75, 3.05) is 0 Å². The largest absolute Gasteiger partial charge is 0.768 e. The average molecular weight is 230 g/mol. The molecule has 0 saturated carbocycles. The van der Waals surface area contributed by atoms with E-state index in [1.165, 1.54) is 0 Å². The van der Waals surface area contributed by atoms with Gasteiger partial charge in [-0.05, 0) is 17.1 Å². The second-order valence-corrected chi connectivity index (χ2v) is 3.39. The van der Waals surface area contributed by atoms with Crippen molar-refractivity contribution in [2.24, 2.45) is 0 Å². The number of carbonyl (C=O) groups is 1. The van der Waals surface area contributed by atoms with Gasteiger partial charge in [-0.15, -0.1) is 0 Å². The van der Waals surface area contributed by atoms with Gasteiger partial charge in [0.2, 0.25) is 0 Å². The van der Waals surface area contributed by atoms with Crippen LogP contribution in [-0.2, 0) is 11.1 Å². The molecule has 8 heteroatoms. The minimum atomic E-state index is -2.82. The van der Waals surface area contributed by atoms with Gasteiger partial charge in [0, 0.05) is 17.0 Å². The van der Waals surface area contributed by atoms with E-state index in [2.05, 4.69) is 0 Å². The molecular formula is C7H4NO6S-. The molecule has 0 fully saturated rings. The molecule has 1 N–H and O–H groups in total. The summed E-state index contributed by atoms with van der Waals surface area (Å²) >= 11 is -2.82. The lowest BCUT2D eigenvalue weighted by atomic mass is 10.2. The molecule has 1 rings (SSSR count). The molecule has 1 unspecified atom stereocenters. The molecule has 0 aliphatic carbocycles. The minimum Gasteiger partial charge on any atom is -0.768 e. The van der Waals surface area contributed by atoms with Crippen molar-refractivity contribution < 1.29 is 23.6 Å². The molecule has 0 amide bonds. The number of aromatic carboxylic acids is 1. The SMILES string of the molecule is O=C(O)c1ccc([N+](=O)[O-])cc1S(=O)[O-]. The molecule has 0 aromatic heterocycles. The van der Waals surface area contributed by atoms with Crippen LogP contribution in [0, 0.1) is 10.1 Å². The highest BCUT2D eigenvalue weighted by Gasteiger charge is 2.15. The quantitative estimate of drug-likeness (QED) is 0.459. The molecule has 1 aromatic carbocycles. The zero-order chi connectivity index (χ0) is 11.6. The van der Waals surface area contributed by atoms with Gasteiger partial charge in [-0.1, -0.05) is 0 Å². The van der Waals surface area contributed by atoms with Gasteiger partial charge in [-0.3, -0.25) is 14.3 Å². The first-order valence-corrected chi connectivity index (χ1v) is 4.62. The van der Waals surface area contributed by atoms with Crippen molar-refractivity contribution in [2.45, 2.75) is 4.90 Å².